The minimum atomic E-state index is 0.336. The third-order valence-electron chi connectivity index (χ3n) is 2.43. The van der Waals surface area contributed by atoms with E-state index < -0.39 is 0 Å². The van der Waals surface area contributed by atoms with Gasteiger partial charge in [-0.05, 0) is 31.4 Å². The van der Waals surface area contributed by atoms with E-state index in [2.05, 4.69) is 11.6 Å². The van der Waals surface area contributed by atoms with Crippen molar-refractivity contribution in [3.05, 3.63) is 0 Å². The van der Waals surface area contributed by atoms with Crippen LogP contribution in [0.5, 0.6) is 0 Å². The topological polar surface area (TPSA) is 32.3 Å². The van der Waals surface area contributed by atoms with Gasteiger partial charge in [0.15, 0.2) is 0 Å². The van der Waals surface area contributed by atoms with Crippen molar-refractivity contribution in [3.8, 4) is 0 Å². The molecular formula is C10H20N2OS. The first-order chi connectivity index (χ1) is 6.84. The molecule has 0 saturated carbocycles. The van der Waals surface area contributed by atoms with Crippen molar-refractivity contribution in [1.82, 2.24) is 10.2 Å². The molecule has 0 atom stereocenters. The molecule has 1 fully saturated rings. The minimum absolute atomic E-state index is 0.336. The predicted octanol–water partition coefficient (Wildman–Crippen LogP) is 0.952. The molecule has 0 unspecified atom stereocenters. The zero-order valence-corrected chi connectivity index (χ0v) is 9.74. The Hall–Kier alpha value is -0.220. The van der Waals surface area contributed by atoms with E-state index in [-0.39, 0.29) is 0 Å². The lowest BCUT2D eigenvalue weighted by molar-refractivity contribution is -0.131. The number of amides is 1. The summed E-state index contributed by atoms with van der Waals surface area (Å²) in [4.78, 5) is 13.7. The molecule has 0 spiro atoms. The van der Waals surface area contributed by atoms with E-state index in [9.17, 15) is 4.79 Å². The van der Waals surface area contributed by atoms with Crippen LogP contribution in [0, 0.1) is 0 Å². The summed E-state index contributed by atoms with van der Waals surface area (Å²) in [5.74, 6) is 1.43. The van der Waals surface area contributed by atoms with Gasteiger partial charge in [0.2, 0.25) is 5.91 Å². The molecule has 0 aliphatic carbocycles. The lowest BCUT2D eigenvalue weighted by Gasteiger charge is -2.19. The molecule has 1 amide bonds. The Kier molecular flexibility index (Phi) is 6.03. The van der Waals surface area contributed by atoms with E-state index in [1.165, 1.54) is 0 Å². The Bertz CT molecular complexity index is 168. The average molecular weight is 216 g/mol. The Labute approximate surface area is 90.6 Å². The Morgan fingerprint density at radius 3 is 3.07 bits per heavy atom. The van der Waals surface area contributed by atoms with Crippen LogP contribution < -0.4 is 5.32 Å². The van der Waals surface area contributed by atoms with Crippen molar-refractivity contribution in [2.45, 2.75) is 19.3 Å². The van der Waals surface area contributed by atoms with Gasteiger partial charge in [0.05, 0.1) is 0 Å². The highest BCUT2D eigenvalue weighted by atomic mass is 32.2. The zero-order valence-electron chi connectivity index (χ0n) is 8.92. The van der Waals surface area contributed by atoms with E-state index >= 15 is 0 Å². The average Bonchev–Trinajstić information content (AvgIpc) is 2.46. The third kappa shape index (κ3) is 4.33. The molecule has 1 N–H and O–H groups in total. The van der Waals surface area contributed by atoms with Crippen LogP contribution in [-0.2, 0) is 4.79 Å². The van der Waals surface area contributed by atoms with Crippen LogP contribution in [0.15, 0.2) is 0 Å². The summed E-state index contributed by atoms with van der Waals surface area (Å²) in [5.41, 5.74) is 0. The van der Waals surface area contributed by atoms with Crippen LogP contribution in [0.3, 0.4) is 0 Å². The summed E-state index contributed by atoms with van der Waals surface area (Å²) in [5, 5.41) is 3.30. The summed E-state index contributed by atoms with van der Waals surface area (Å²) in [6.45, 7) is 3.83. The fourth-order valence-electron chi connectivity index (χ4n) is 1.62. The monoisotopic (exact) mass is 216 g/mol. The molecule has 1 saturated heterocycles. The summed E-state index contributed by atoms with van der Waals surface area (Å²) in [7, 11) is 0. The fraction of sp³-hybridized carbons (Fsp3) is 0.900. The number of carbonyl (C=O) groups excluding carboxylic acids is 1. The van der Waals surface area contributed by atoms with Gasteiger partial charge in [0.25, 0.3) is 0 Å². The first-order valence-corrected chi connectivity index (χ1v) is 6.71. The van der Waals surface area contributed by atoms with Crippen LogP contribution in [-0.4, -0.2) is 49.0 Å². The van der Waals surface area contributed by atoms with Gasteiger partial charge in [-0.1, -0.05) is 0 Å². The highest BCUT2D eigenvalue weighted by Gasteiger charge is 2.13. The molecule has 0 aromatic carbocycles. The predicted molar refractivity (Wildman–Crippen MR) is 61.7 cm³/mol. The lowest BCUT2D eigenvalue weighted by Crippen LogP contribution is -2.34. The highest BCUT2D eigenvalue weighted by Crippen LogP contribution is 2.04. The highest BCUT2D eigenvalue weighted by molar-refractivity contribution is 7.98. The molecular weight excluding hydrogens is 196 g/mol. The molecule has 82 valence electrons. The molecule has 0 aromatic heterocycles. The molecule has 14 heavy (non-hydrogen) atoms. The van der Waals surface area contributed by atoms with Crippen molar-refractivity contribution in [3.63, 3.8) is 0 Å². The van der Waals surface area contributed by atoms with Crippen molar-refractivity contribution >= 4 is 17.7 Å². The molecule has 1 aliphatic rings. The van der Waals surface area contributed by atoms with Gasteiger partial charge < -0.3 is 10.2 Å². The number of thioether (sulfide) groups is 1. The van der Waals surface area contributed by atoms with Crippen molar-refractivity contribution in [2.75, 3.05) is 38.2 Å². The SMILES string of the molecule is CSCCCC(=O)N1CCCNCC1. The van der Waals surface area contributed by atoms with Gasteiger partial charge in [-0.25, -0.2) is 0 Å². The molecule has 1 rings (SSSR count). The maximum atomic E-state index is 11.7. The summed E-state index contributed by atoms with van der Waals surface area (Å²) in [6.07, 6.45) is 4.92. The lowest BCUT2D eigenvalue weighted by atomic mass is 10.3. The Morgan fingerprint density at radius 1 is 1.43 bits per heavy atom. The Balaban J connectivity index is 2.20. The molecule has 0 aromatic rings. The van der Waals surface area contributed by atoms with Crippen LogP contribution in [0.25, 0.3) is 0 Å². The molecule has 1 aliphatic heterocycles. The van der Waals surface area contributed by atoms with Crippen LogP contribution in [0.2, 0.25) is 0 Å². The summed E-state index contributed by atoms with van der Waals surface area (Å²) >= 11 is 1.81. The normalized spacial score (nSPS) is 17.9. The second-order valence-corrected chi connectivity index (χ2v) is 4.57. The Morgan fingerprint density at radius 2 is 2.29 bits per heavy atom. The standard InChI is InChI=1S/C10H20N2OS/c1-14-9-2-4-10(13)12-7-3-5-11-6-8-12/h11H,2-9H2,1H3. The molecule has 1 heterocycles. The maximum Gasteiger partial charge on any atom is 0.222 e. The maximum absolute atomic E-state index is 11.7. The van der Waals surface area contributed by atoms with Gasteiger partial charge in [-0.15, -0.1) is 0 Å². The minimum Gasteiger partial charge on any atom is -0.341 e. The van der Waals surface area contributed by atoms with Gasteiger partial charge in [-0.2, -0.15) is 11.8 Å². The first-order valence-electron chi connectivity index (χ1n) is 5.32. The van der Waals surface area contributed by atoms with E-state index in [1.807, 2.05) is 16.7 Å². The van der Waals surface area contributed by atoms with E-state index in [4.69, 9.17) is 0 Å². The van der Waals surface area contributed by atoms with Crippen molar-refractivity contribution in [2.24, 2.45) is 0 Å². The number of nitrogens with zero attached hydrogens (tertiary/aromatic N) is 1. The van der Waals surface area contributed by atoms with E-state index in [0.29, 0.717) is 5.91 Å². The van der Waals surface area contributed by atoms with Crippen LogP contribution >= 0.6 is 11.8 Å². The smallest absolute Gasteiger partial charge is 0.222 e. The molecule has 0 bridgehead atoms. The van der Waals surface area contributed by atoms with Gasteiger partial charge in [0, 0.05) is 26.1 Å². The first kappa shape index (κ1) is 11.9. The van der Waals surface area contributed by atoms with Gasteiger partial charge >= 0.3 is 0 Å². The van der Waals surface area contributed by atoms with E-state index in [1.54, 1.807) is 0 Å². The number of hydrogen-bond donors (Lipinski definition) is 1. The van der Waals surface area contributed by atoms with Crippen LogP contribution in [0.4, 0.5) is 0 Å². The molecule has 4 heteroatoms. The van der Waals surface area contributed by atoms with Crippen LogP contribution in [0.1, 0.15) is 19.3 Å². The summed E-state index contributed by atoms with van der Waals surface area (Å²) < 4.78 is 0. The largest absolute Gasteiger partial charge is 0.341 e. The fourth-order valence-corrected chi connectivity index (χ4v) is 2.05. The quantitative estimate of drug-likeness (QED) is 0.710. The number of nitrogens with one attached hydrogen (secondary N) is 1. The molecule has 3 nitrogen and oxygen atoms in total. The number of carbonyl (C=O) groups is 1. The van der Waals surface area contributed by atoms with Gasteiger partial charge in [0.1, 0.15) is 0 Å². The zero-order chi connectivity index (χ0) is 10.2. The number of hydrogen-bond acceptors (Lipinski definition) is 3. The van der Waals surface area contributed by atoms with E-state index in [0.717, 1.165) is 51.2 Å². The summed E-state index contributed by atoms with van der Waals surface area (Å²) in [6, 6.07) is 0. The number of rotatable bonds is 4. The van der Waals surface area contributed by atoms with Crippen molar-refractivity contribution in [1.29, 1.82) is 0 Å². The second-order valence-electron chi connectivity index (χ2n) is 3.58. The second kappa shape index (κ2) is 7.12. The van der Waals surface area contributed by atoms with Gasteiger partial charge in [-0.3, -0.25) is 4.79 Å². The molecule has 0 radical (unpaired) electrons. The third-order valence-corrected chi connectivity index (χ3v) is 3.13. The van der Waals surface area contributed by atoms with Crippen molar-refractivity contribution < 1.29 is 4.79 Å².